The van der Waals surface area contributed by atoms with Crippen molar-refractivity contribution >= 4 is 36.0 Å². The molecule has 0 saturated heterocycles. The Morgan fingerprint density at radius 1 is 1.36 bits per heavy atom. The summed E-state index contributed by atoms with van der Waals surface area (Å²) in [6.45, 7) is 7.94. The van der Waals surface area contributed by atoms with E-state index in [2.05, 4.69) is 34.8 Å². The van der Waals surface area contributed by atoms with E-state index in [1.54, 1.807) is 0 Å². The van der Waals surface area contributed by atoms with Crippen molar-refractivity contribution in [1.82, 2.24) is 16.0 Å². The van der Waals surface area contributed by atoms with Gasteiger partial charge in [-0.1, -0.05) is 6.92 Å². The molecule has 0 aromatic heterocycles. The Bertz CT molecular complexity index is 388. The lowest BCUT2D eigenvalue weighted by Gasteiger charge is -2.17. The highest BCUT2D eigenvalue weighted by molar-refractivity contribution is 14.0. The van der Waals surface area contributed by atoms with Crippen molar-refractivity contribution in [2.24, 2.45) is 16.8 Å². The number of rotatable bonds is 7. The summed E-state index contributed by atoms with van der Waals surface area (Å²) >= 11 is 0. The van der Waals surface area contributed by atoms with Crippen molar-refractivity contribution in [2.75, 3.05) is 19.7 Å². The van der Waals surface area contributed by atoms with E-state index >= 15 is 0 Å². The van der Waals surface area contributed by atoms with Crippen molar-refractivity contribution in [3.05, 3.63) is 0 Å². The maximum atomic E-state index is 11.6. The van der Waals surface area contributed by atoms with E-state index in [1.165, 1.54) is 6.42 Å². The third-order valence-electron chi connectivity index (χ3n) is 3.99. The molecule has 1 amide bonds. The van der Waals surface area contributed by atoms with Crippen molar-refractivity contribution in [1.29, 1.82) is 0 Å². The predicted octanol–water partition coefficient (Wildman–Crippen LogP) is 2.09. The number of carbonyl (C=O) groups excluding carboxylic acids is 1. The first-order chi connectivity index (χ1) is 10.1. The van der Waals surface area contributed by atoms with Gasteiger partial charge in [-0.05, 0) is 44.9 Å². The monoisotopic (exact) mass is 424 g/mol. The quantitative estimate of drug-likeness (QED) is 0.333. The molecule has 7 heteroatoms. The highest BCUT2D eigenvalue weighted by Gasteiger charge is 2.34. The summed E-state index contributed by atoms with van der Waals surface area (Å²) in [5, 5.41) is 9.62. The van der Waals surface area contributed by atoms with Crippen LogP contribution in [0.3, 0.4) is 0 Å². The van der Waals surface area contributed by atoms with Gasteiger partial charge in [-0.2, -0.15) is 0 Å². The van der Waals surface area contributed by atoms with Gasteiger partial charge < -0.3 is 20.7 Å². The molecule has 0 bridgehead atoms. The fraction of sp³-hybridized carbons (Fsp3) is 0.867. The van der Waals surface area contributed by atoms with Crippen LogP contribution in [0, 0.1) is 11.8 Å². The van der Waals surface area contributed by atoms with Gasteiger partial charge in [-0.25, -0.2) is 4.79 Å². The molecule has 0 spiro atoms. The zero-order valence-electron chi connectivity index (χ0n) is 13.7. The van der Waals surface area contributed by atoms with Gasteiger partial charge in [0.15, 0.2) is 5.96 Å². The summed E-state index contributed by atoms with van der Waals surface area (Å²) in [4.78, 5) is 16.2. The topological polar surface area (TPSA) is 74.8 Å². The van der Waals surface area contributed by atoms with Crippen LogP contribution >= 0.6 is 24.0 Å². The molecule has 2 saturated carbocycles. The lowest BCUT2D eigenvalue weighted by atomic mass is 10.2. The fourth-order valence-electron chi connectivity index (χ4n) is 2.34. The van der Waals surface area contributed by atoms with Gasteiger partial charge in [-0.3, -0.25) is 4.99 Å². The van der Waals surface area contributed by atoms with Crippen LogP contribution in [-0.2, 0) is 4.74 Å². The Morgan fingerprint density at radius 2 is 2.05 bits per heavy atom. The van der Waals surface area contributed by atoms with Crippen LogP contribution in [0.25, 0.3) is 0 Å². The van der Waals surface area contributed by atoms with Gasteiger partial charge in [-0.15, -0.1) is 24.0 Å². The van der Waals surface area contributed by atoms with Crippen LogP contribution in [0.2, 0.25) is 0 Å². The van der Waals surface area contributed by atoms with E-state index < -0.39 is 0 Å². The van der Waals surface area contributed by atoms with E-state index in [4.69, 9.17) is 4.74 Å². The third kappa shape index (κ3) is 6.58. The lowest BCUT2D eigenvalue weighted by molar-refractivity contribution is 0.147. The van der Waals surface area contributed by atoms with Crippen LogP contribution in [0.5, 0.6) is 0 Å². The zero-order valence-corrected chi connectivity index (χ0v) is 16.1. The maximum Gasteiger partial charge on any atom is 0.407 e. The number of ether oxygens (including phenoxy) is 1. The molecule has 3 N–H and O–H groups in total. The zero-order chi connectivity index (χ0) is 15.2. The van der Waals surface area contributed by atoms with Crippen LogP contribution in [0.4, 0.5) is 4.79 Å². The lowest BCUT2D eigenvalue weighted by Crippen LogP contribution is -2.42. The number of halogens is 1. The number of alkyl carbamates (subject to hydrolysis) is 1. The average Bonchev–Trinajstić information content (AvgIpc) is 3.33. The van der Waals surface area contributed by atoms with E-state index in [1.807, 2.05) is 6.92 Å². The molecule has 0 aliphatic heterocycles. The van der Waals surface area contributed by atoms with E-state index in [9.17, 15) is 4.79 Å². The Kier molecular flexibility index (Phi) is 8.27. The van der Waals surface area contributed by atoms with Crippen molar-refractivity contribution in [3.8, 4) is 0 Å². The average molecular weight is 424 g/mol. The molecule has 128 valence electrons. The van der Waals surface area contributed by atoms with E-state index in [0.717, 1.165) is 31.3 Å². The number of hydrogen-bond donors (Lipinski definition) is 3. The number of aliphatic imine (C=N–C) groups is 1. The van der Waals surface area contributed by atoms with Crippen molar-refractivity contribution in [2.45, 2.75) is 52.1 Å². The first-order valence-electron chi connectivity index (χ1n) is 8.12. The first-order valence-corrected chi connectivity index (χ1v) is 8.12. The van der Waals surface area contributed by atoms with Crippen molar-refractivity contribution < 1.29 is 9.53 Å². The molecule has 0 heterocycles. The predicted molar refractivity (Wildman–Crippen MR) is 98.8 cm³/mol. The number of nitrogens with one attached hydrogen (secondary N) is 3. The van der Waals surface area contributed by atoms with Crippen molar-refractivity contribution in [3.63, 3.8) is 0 Å². The molecule has 6 nitrogen and oxygen atoms in total. The first kappa shape index (κ1) is 19.3. The van der Waals surface area contributed by atoms with Crippen LogP contribution in [0.15, 0.2) is 4.99 Å². The molecule has 0 radical (unpaired) electrons. The molecule has 0 aromatic carbocycles. The Labute approximate surface area is 150 Å². The molecule has 2 rings (SSSR count). The minimum atomic E-state index is -0.335. The minimum absolute atomic E-state index is 0. The van der Waals surface area contributed by atoms with Crippen LogP contribution < -0.4 is 16.0 Å². The highest BCUT2D eigenvalue weighted by atomic mass is 127. The molecular weight excluding hydrogens is 395 g/mol. The molecular formula is C15H29IN4O2. The second-order valence-corrected chi connectivity index (χ2v) is 5.99. The highest BCUT2D eigenvalue weighted by Crippen LogP contribution is 2.33. The second-order valence-electron chi connectivity index (χ2n) is 5.99. The minimum Gasteiger partial charge on any atom is -0.450 e. The standard InChI is InChI=1S/C15H28N4O2.HI/c1-4-16-14(18-12-8-10(12)3)17-9-13(11-6-7-11)19-15(20)21-5-2;/h10-13H,4-9H2,1-3H3,(H,19,20)(H2,16,17,18);1H. The van der Waals surface area contributed by atoms with Crippen LogP contribution in [0.1, 0.15) is 40.0 Å². The molecule has 22 heavy (non-hydrogen) atoms. The largest absolute Gasteiger partial charge is 0.450 e. The normalized spacial score (nSPS) is 24.8. The van der Waals surface area contributed by atoms with Gasteiger partial charge in [0.05, 0.1) is 19.2 Å². The maximum absolute atomic E-state index is 11.6. The summed E-state index contributed by atoms with van der Waals surface area (Å²) in [7, 11) is 0. The van der Waals surface area contributed by atoms with E-state index in [0.29, 0.717) is 25.1 Å². The summed E-state index contributed by atoms with van der Waals surface area (Å²) < 4.78 is 4.96. The van der Waals surface area contributed by atoms with Crippen LogP contribution in [-0.4, -0.2) is 43.8 Å². The Morgan fingerprint density at radius 3 is 2.55 bits per heavy atom. The molecule has 0 aromatic rings. The molecule has 2 fully saturated rings. The Hall–Kier alpha value is -0.730. The molecule has 3 unspecified atom stereocenters. The molecule has 2 aliphatic rings. The molecule has 2 aliphatic carbocycles. The molecule has 3 atom stereocenters. The van der Waals surface area contributed by atoms with Gasteiger partial charge in [0, 0.05) is 12.6 Å². The summed E-state index contributed by atoms with van der Waals surface area (Å²) in [6, 6.07) is 0.622. The number of amides is 1. The summed E-state index contributed by atoms with van der Waals surface area (Å²) in [5.74, 6) is 2.12. The van der Waals surface area contributed by atoms with Gasteiger partial charge in [0.1, 0.15) is 0 Å². The number of carbonyl (C=O) groups is 1. The summed E-state index contributed by atoms with van der Waals surface area (Å²) in [6.07, 6.45) is 3.20. The summed E-state index contributed by atoms with van der Waals surface area (Å²) in [5.41, 5.74) is 0. The smallest absolute Gasteiger partial charge is 0.407 e. The number of nitrogens with zero attached hydrogens (tertiary/aromatic N) is 1. The fourth-order valence-corrected chi connectivity index (χ4v) is 2.34. The van der Waals surface area contributed by atoms with Gasteiger partial charge >= 0.3 is 6.09 Å². The number of guanidine groups is 1. The SMILES string of the molecule is CCNC(=NCC(NC(=O)OCC)C1CC1)NC1CC1C.I. The van der Waals surface area contributed by atoms with Gasteiger partial charge in [0.25, 0.3) is 0 Å². The van der Waals surface area contributed by atoms with Gasteiger partial charge in [0.2, 0.25) is 0 Å². The number of hydrogen-bond acceptors (Lipinski definition) is 3. The van der Waals surface area contributed by atoms with E-state index in [-0.39, 0.29) is 36.1 Å². The second kappa shape index (κ2) is 9.42. The Balaban J connectivity index is 0.00000242. The third-order valence-corrected chi connectivity index (χ3v) is 3.99.